The molecule has 1 unspecified atom stereocenters. The molecule has 82 valence electrons. The highest BCUT2D eigenvalue weighted by atomic mass is 35.5. The van der Waals surface area contributed by atoms with Gasteiger partial charge in [-0.2, -0.15) is 0 Å². The minimum Gasteiger partial charge on any atom is -0.482 e. The van der Waals surface area contributed by atoms with E-state index in [1.165, 1.54) is 6.07 Å². The van der Waals surface area contributed by atoms with Crippen LogP contribution in [0.5, 0.6) is 5.75 Å². The number of benzene rings is 1. The fourth-order valence-electron chi connectivity index (χ4n) is 0.821. The molecule has 1 aromatic rings. The van der Waals surface area contributed by atoms with Crippen molar-refractivity contribution in [2.24, 2.45) is 0 Å². The van der Waals surface area contributed by atoms with E-state index < -0.39 is 0 Å². The maximum atomic E-state index is 10.7. The lowest BCUT2D eigenvalue weighted by Gasteiger charge is -2.10. The Hall–Kier alpha value is 0.280. The molecule has 0 saturated carbocycles. The van der Waals surface area contributed by atoms with Crippen LogP contribution in [0.4, 0.5) is 0 Å². The molecule has 0 saturated heterocycles. The monoisotopic (exact) mass is 304 g/mol. The average molecular weight is 306 g/mol. The zero-order valence-corrected chi connectivity index (χ0v) is 11.4. The average Bonchev–Trinajstić information content (AvgIpc) is 2.14. The van der Waals surface area contributed by atoms with Crippen LogP contribution in [0.25, 0.3) is 0 Å². The highest BCUT2D eigenvalue weighted by Gasteiger charge is 2.15. The summed E-state index contributed by atoms with van der Waals surface area (Å²) >= 11 is 23.2. The normalized spacial score (nSPS) is 10.2. The van der Waals surface area contributed by atoms with Crippen LogP contribution < -0.4 is 4.74 Å². The van der Waals surface area contributed by atoms with Gasteiger partial charge in [-0.25, -0.2) is 0 Å². The minimum atomic E-state index is -0.238. The van der Waals surface area contributed by atoms with Crippen LogP contribution in [0.2, 0.25) is 20.1 Å². The maximum absolute atomic E-state index is 10.7. The van der Waals surface area contributed by atoms with Gasteiger partial charge in [-0.3, -0.25) is 4.79 Å². The molecule has 0 heterocycles. The third-order valence-electron chi connectivity index (χ3n) is 1.43. The number of hydrogen-bond acceptors (Lipinski definition) is 2. The zero-order valence-electron chi connectivity index (χ0n) is 7.19. The first kappa shape index (κ1) is 13.3. The van der Waals surface area contributed by atoms with Gasteiger partial charge in [0.1, 0.15) is 10.0 Å². The summed E-state index contributed by atoms with van der Waals surface area (Å²) < 4.78 is 5.09. The smallest absolute Gasteiger partial charge is 0.185 e. The first-order chi connectivity index (χ1) is 6.93. The molecule has 1 rings (SSSR count). The first-order valence-electron chi connectivity index (χ1n) is 3.67. The van der Waals surface area contributed by atoms with Crippen LogP contribution in [0, 0.1) is 0 Å². The number of carbonyl (C=O) groups is 1. The summed E-state index contributed by atoms with van der Waals surface area (Å²) in [5, 5.41) is 0.712. The minimum absolute atomic E-state index is 0.117. The second-order valence-corrected chi connectivity index (χ2v) is 4.77. The molecular formula is C8H5Cl4O2P. The molecule has 0 aromatic heterocycles. The summed E-state index contributed by atoms with van der Waals surface area (Å²) in [6.45, 7) is -0.166. The zero-order chi connectivity index (χ0) is 11.6. The maximum Gasteiger partial charge on any atom is 0.185 e. The molecule has 0 bridgehead atoms. The van der Waals surface area contributed by atoms with Crippen molar-refractivity contribution in [2.45, 2.75) is 0 Å². The molecule has 0 aliphatic rings. The molecule has 0 aliphatic heterocycles. The van der Waals surface area contributed by atoms with Crippen LogP contribution >= 0.6 is 55.6 Å². The van der Waals surface area contributed by atoms with Crippen LogP contribution in [0.3, 0.4) is 0 Å². The van der Waals surface area contributed by atoms with Gasteiger partial charge < -0.3 is 4.74 Å². The van der Waals surface area contributed by atoms with Gasteiger partial charge in [0.2, 0.25) is 0 Å². The van der Waals surface area contributed by atoms with Crippen LogP contribution in [-0.2, 0) is 4.79 Å². The fraction of sp³-hybridized carbons (Fsp3) is 0.125. The molecular weight excluding hydrogens is 301 g/mol. The molecule has 0 radical (unpaired) electrons. The second-order valence-electron chi connectivity index (χ2n) is 2.55. The Labute approximate surface area is 109 Å². The van der Waals surface area contributed by atoms with Crippen molar-refractivity contribution in [1.82, 2.24) is 0 Å². The quantitative estimate of drug-likeness (QED) is 0.621. The van der Waals surface area contributed by atoms with Crippen molar-refractivity contribution in [3.63, 3.8) is 0 Å². The number of hydrogen-bond donors (Lipinski definition) is 0. The van der Waals surface area contributed by atoms with Gasteiger partial charge in [0, 0.05) is 0 Å². The van der Waals surface area contributed by atoms with Crippen molar-refractivity contribution in [3.8, 4) is 5.75 Å². The van der Waals surface area contributed by atoms with Crippen LogP contribution in [0.15, 0.2) is 6.07 Å². The SMILES string of the molecule is O=C(P)COc1c(Cl)c(Cl)cc(Cl)c1Cl. The lowest BCUT2D eigenvalue weighted by atomic mass is 10.3. The molecule has 0 aliphatic carbocycles. The molecule has 1 aromatic carbocycles. The molecule has 0 amide bonds. The van der Waals surface area contributed by atoms with Gasteiger partial charge >= 0.3 is 0 Å². The summed E-state index contributed by atoms with van der Waals surface area (Å²) in [6, 6.07) is 1.41. The Balaban J connectivity index is 3.09. The summed E-state index contributed by atoms with van der Waals surface area (Å²) in [4.78, 5) is 10.7. The summed E-state index contributed by atoms with van der Waals surface area (Å²) in [5.74, 6) is 0.117. The second kappa shape index (κ2) is 5.56. The van der Waals surface area contributed by atoms with Gasteiger partial charge in [0.15, 0.2) is 17.9 Å². The van der Waals surface area contributed by atoms with Crippen molar-refractivity contribution < 1.29 is 9.53 Å². The first-order valence-corrected chi connectivity index (χ1v) is 5.76. The Kier molecular flexibility index (Phi) is 4.95. The highest BCUT2D eigenvalue weighted by Crippen LogP contribution is 2.42. The Bertz CT molecular complexity index is 382. The molecule has 0 spiro atoms. The highest BCUT2D eigenvalue weighted by molar-refractivity contribution is 7.40. The molecule has 2 nitrogen and oxygen atoms in total. The van der Waals surface area contributed by atoms with E-state index in [0.717, 1.165) is 0 Å². The van der Waals surface area contributed by atoms with Gasteiger partial charge in [0.25, 0.3) is 0 Å². The fourth-order valence-corrected chi connectivity index (χ4v) is 1.81. The Morgan fingerprint density at radius 1 is 1.20 bits per heavy atom. The molecule has 15 heavy (non-hydrogen) atoms. The predicted octanol–water partition coefficient (Wildman–Crippen LogP) is 4.08. The van der Waals surface area contributed by atoms with Crippen LogP contribution in [0.1, 0.15) is 0 Å². The lowest BCUT2D eigenvalue weighted by Crippen LogP contribution is -2.04. The molecule has 1 atom stereocenters. The number of rotatable bonds is 3. The van der Waals surface area contributed by atoms with Gasteiger partial charge in [-0.15, -0.1) is 0 Å². The van der Waals surface area contributed by atoms with Crippen molar-refractivity contribution >= 4 is 61.2 Å². The van der Waals surface area contributed by atoms with E-state index >= 15 is 0 Å². The van der Waals surface area contributed by atoms with Crippen molar-refractivity contribution in [1.29, 1.82) is 0 Å². The topological polar surface area (TPSA) is 26.3 Å². The largest absolute Gasteiger partial charge is 0.482 e. The summed E-state index contributed by atoms with van der Waals surface area (Å²) in [6.07, 6.45) is 0. The summed E-state index contributed by atoms with van der Waals surface area (Å²) in [7, 11) is 1.97. The van der Waals surface area contributed by atoms with E-state index in [1.54, 1.807) is 0 Å². The van der Waals surface area contributed by atoms with Crippen molar-refractivity contribution in [2.75, 3.05) is 6.61 Å². The molecule has 7 heteroatoms. The lowest BCUT2D eigenvalue weighted by molar-refractivity contribution is -0.112. The Morgan fingerprint density at radius 2 is 1.67 bits per heavy atom. The van der Waals surface area contributed by atoms with E-state index in [9.17, 15) is 4.79 Å². The number of ether oxygens (including phenoxy) is 1. The van der Waals surface area contributed by atoms with Gasteiger partial charge in [-0.05, 0) is 6.07 Å². The van der Waals surface area contributed by atoms with E-state index in [2.05, 4.69) is 0 Å². The third kappa shape index (κ3) is 3.37. The van der Waals surface area contributed by atoms with E-state index in [0.29, 0.717) is 0 Å². The number of halogens is 4. The predicted molar refractivity (Wildman–Crippen MR) is 66.7 cm³/mol. The Morgan fingerprint density at radius 3 is 2.07 bits per heavy atom. The standard InChI is InChI=1S/C8H5Cl4O2P/c9-3-1-4(10)7(12)8(6(3)11)14-2-5(13)15/h1H,2,15H2. The molecule has 0 N–H and O–H groups in total. The van der Waals surface area contributed by atoms with Crippen LogP contribution in [-0.4, -0.2) is 12.1 Å². The van der Waals surface area contributed by atoms with Gasteiger partial charge in [0.05, 0.1) is 10.0 Å². The van der Waals surface area contributed by atoms with Gasteiger partial charge in [-0.1, -0.05) is 55.6 Å². The number of carbonyl (C=O) groups excluding carboxylic acids is 1. The van der Waals surface area contributed by atoms with E-state index in [4.69, 9.17) is 51.1 Å². The van der Waals surface area contributed by atoms with E-state index in [-0.39, 0.29) is 38.0 Å². The third-order valence-corrected chi connectivity index (χ3v) is 3.14. The molecule has 0 fully saturated rings. The van der Waals surface area contributed by atoms with Crippen molar-refractivity contribution in [3.05, 3.63) is 26.2 Å². The van der Waals surface area contributed by atoms with E-state index in [1.807, 2.05) is 9.24 Å². The summed E-state index contributed by atoms with van der Waals surface area (Å²) in [5.41, 5.74) is -0.238.